The molecule has 2 N–H and O–H groups in total. The fraction of sp³-hybridized carbons (Fsp3) is 0.688. The van der Waals surface area contributed by atoms with Gasteiger partial charge in [-0.15, -0.1) is 0 Å². The second kappa shape index (κ2) is 5.33. The summed E-state index contributed by atoms with van der Waals surface area (Å²) in [7, 11) is 0. The lowest BCUT2D eigenvalue weighted by molar-refractivity contribution is -0.123. The molecular formula is C16H24N4OS. The predicted molar refractivity (Wildman–Crippen MR) is 87.7 cm³/mol. The first kappa shape index (κ1) is 15.5. The topological polar surface area (TPSA) is 62.7 Å². The molecule has 120 valence electrons. The van der Waals surface area contributed by atoms with E-state index >= 15 is 0 Å². The van der Waals surface area contributed by atoms with Gasteiger partial charge in [-0.1, -0.05) is 25.5 Å². The van der Waals surface area contributed by atoms with Crippen molar-refractivity contribution in [2.24, 2.45) is 17.3 Å². The minimum atomic E-state index is 0.0442. The Morgan fingerprint density at radius 3 is 2.77 bits per heavy atom. The third-order valence-corrected chi connectivity index (χ3v) is 5.10. The van der Waals surface area contributed by atoms with E-state index in [2.05, 4.69) is 49.3 Å². The number of aromatic amines is 1. The first-order valence-corrected chi connectivity index (χ1v) is 8.31. The monoisotopic (exact) mass is 320 g/mol. The zero-order valence-electron chi connectivity index (χ0n) is 13.6. The lowest BCUT2D eigenvalue weighted by Crippen LogP contribution is -2.27. The summed E-state index contributed by atoms with van der Waals surface area (Å²) in [6.07, 6.45) is 4.50. The van der Waals surface area contributed by atoms with Crippen LogP contribution in [0.2, 0.25) is 0 Å². The number of carbonyl (C=O) groups is 1. The van der Waals surface area contributed by atoms with Crippen LogP contribution < -0.4 is 5.32 Å². The van der Waals surface area contributed by atoms with E-state index in [0.717, 1.165) is 18.7 Å². The summed E-state index contributed by atoms with van der Waals surface area (Å²) >= 11 is 5.26. The van der Waals surface area contributed by atoms with E-state index in [1.54, 1.807) is 0 Å². The van der Waals surface area contributed by atoms with Gasteiger partial charge in [0.1, 0.15) is 0 Å². The van der Waals surface area contributed by atoms with Crippen LogP contribution in [0.1, 0.15) is 52.4 Å². The average molecular weight is 320 g/mol. The molecule has 1 aromatic heterocycles. The minimum Gasteiger partial charge on any atom is -0.349 e. The second-order valence-corrected chi connectivity index (χ2v) is 7.72. The standard InChI is InChI=1S/C16H24N4OS/c1-9(2)7-11-13(16(11,3)4)14(21)17-8-12-18-19-15(22)20(12)10-5-6-10/h7,10-11,13H,5-6,8H2,1-4H3,(H,17,21)(H,19,22)/t11-,13-/m0/s1. The Morgan fingerprint density at radius 1 is 1.50 bits per heavy atom. The highest BCUT2D eigenvalue weighted by Crippen LogP contribution is 2.59. The van der Waals surface area contributed by atoms with Gasteiger partial charge in [0.2, 0.25) is 5.91 Å². The molecule has 2 aliphatic carbocycles. The Labute approximate surface area is 136 Å². The Hall–Kier alpha value is -1.43. The van der Waals surface area contributed by atoms with Crippen molar-refractivity contribution in [2.75, 3.05) is 0 Å². The number of allylic oxidation sites excluding steroid dienone is 2. The Kier molecular flexibility index (Phi) is 3.75. The van der Waals surface area contributed by atoms with Gasteiger partial charge in [0.25, 0.3) is 0 Å². The maximum absolute atomic E-state index is 12.5. The van der Waals surface area contributed by atoms with Gasteiger partial charge in [-0.25, -0.2) is 0 Å². The van der Waals surface area contributed by atoms with E-state index in [-0.39, 0.29) is 17.2 Å². The highest BCUT2D eigenvalue weighted by Gasteiger charge is 2.60. The van der Waals surface area contributed by atoms with Crippen LogP contribution in [-0.4, -0.2) is 20.7 Å². The Morgan fingerprint density at radius 2 is 2.18 bits per heavy atom. The van der Waals surface area contributed by atoms with Crippen molar-refractivity contribution < 1.29 is 4.79 Å². The number of rotatable bonds is 5. The maximum atomic E-state index is 12.5. The van der Waals surface area contributed by atoms with Crippen LogP contribution in [-0.2, 0) is 11.3 Å². The number of aromatic nitrogens is 3. The normalized spacial score (nSPS) is 25.6. The van der Waals surface area contributed by atoms with E-state index in [0.29, 0.717) is 23.3 Å². The van der Waals surface area contributed by atoms with Crippen molar-refractivity contribution in [3.05, 3.63) is 22.2 Å². The summed E-state index contributed by atoms with van der Waals surface area (Å²) < 4.78 is 2.70. The smallest absolute Gasteiger partial charge is 0.224 e. The van der Waals surface area contributed by atoms with Crippen LogP contribution in [0.3, 0.4) is 0 Å². The number of nitrogens with one attached hydrogen (secondary N) is 2. The van der Waals surface area contributed by atoms with Gasteiger partial charge in [-0.3, -0.25) is 14.5 Å². The van der Waals surface area contributed by atoms with Crippen LogP contribution in [0.5, 0.6) is 0 Å². The number of H-pyrrole nitrogens is 1. The molecule has 0 bridgehead atoms. The van der Waals surface area contributed by atoms with Crippen LogP contribution in [0.25, 0.3) is 0 Å². The number of hydrogen-bond donors (Lipinski definition) is 2. The zero-order valence-corrected chi connectivity index (χ0v) is 14.5. The molecule has 0 spiro atoms. The quantitative estimate of drug-likeness (QED) is 0.647. The highest BCUT2D eigenvalue weighted by molar-refractivity contribution is 7.71. The highest BCUT2D eigenvalue weighted by atomic mass is 32.1. The average Bonchev–Trinajstić information content (AvgIpc) is 3.29. The predicted octanol–water partition coefficient (Wildman–Crippen LogP) is 3.13. The molecule has 2 saturated carbocycles. The molecular weight excluding hydrogens is 296 g/mol. The molecule has 5 nitrogen and oxygen atoms in total. The minimum absolute atomic E-state index is 0.0442. The van der Waals surface area contributed by atoms with E-state index in [1.807, 2.05) is 4.57 Å². The molecule has 0 radical (unpaired) electrons. The molecule has 0 aromatic carbocycles. The lowest BCUT2D eigenvalue weighted by atomic mass is 10.1. The largest absolute Gasteiger partial charge is 0.349 e. The van der Waals surface area contributed by atoms with Gasteiger partial charge in [0.05, 0.1) is 12.5 Å². The van der Waals surface area contributed by atoms with E-state index in [4.69, 9.17) is 12.2 Å². The molecule has 2 atom stereocenters. The van der Waals surface area contributed by atoms with Crippen LogP contribution >= 0.6 is 12.2 Å². The molecule has 3 rings (SSSR count). The third-order valence-electron chi connectivity index (χ3n) is 4.82. The van der Waals surface area contributed by atoms with Gasteiger partial charge >= 0.3 is 0 Å². The van der Waals surface area contributed by atoms with E-state index in [9.17, 15) is 4.79 Å². The Bertz CT molecular complexity index is 677. The fourth-order valence-electron chi connectivity index (χ4n) is 3.30. The Balaban J connectivity index is 1.64. The van der Waals surface area contributed by atoms with E-state index in [1.165, 1.54) is 5.57 Å². The van der Waals surface area contributed by atoms with Crippen molar-refractivity contribution >= 4 is 18.1 Å². The molecule has 22 heavy (non-hydrogen) atoms. The van der Waals surface area contributed by atoms with Crippen LogP contribution in [0, 0.1) is 22.0 Å². The molecule has 1 heterocycles. The summed E-state index contributed by atoms with van der Waals surface area (Å²) in [5.41, 5.74) is 1.31. The number of hydrogen-bond acceptors (Lipinski definition) is 3. The van der Waals surface area contributed by atoms with Crippen LogP contribution in [0.15, 0.2) is 11.6 Å². The van der Waals surface area contributed by atoms with Gasteiger partial charge in [0.15, 0.2) is 10.6 Å². The van der Waals surface area contributed by atoms with Gasteiger partial charge in [0, 0.05) is 6.04 Å². The molecule has 1 aromatic rings. The zero-order chi connectivity index (χ0) is 16.1. The summed E-state index contributed by atoms with van der Waals surface area (Å²) in [5.74, 6) is 1.34. The first-order chi connectivity index (χ1) is 10.3. The van der Waals surface area contributed by atoms with Crippen LogP contribution in [0.4, 0.5) is 0 Å². The number of amides is 1. The fourth-order valence-corrected chi connectivity index (χ4v) is 3.60. The number of carbonyl (C=O) groups excluding carboxylic acids is 1. The van der Waals surface area contributed by atoms with Crippen molar-refractivity contribution in [1.29, 1.82) is 0 Å². The molecule has 6 heteroatoms. The molecule has 0 aliphatic heterocycles. The molecule has 0 unspecified atom stereocenters. The van der Waals surface area contributed by atoms with Crippen molar-refractivity contribution in [1.82, 2.24) is 20.1 Å². The second-order valence-electron chi connectivity index (χ2n) is 7.33. The van der Waals surface area contributed by atoms with Gasteiger partial charge in [-0.2, -0.15) is 5.10 Å². The molecule has 2 fully saturated rings. The maximum Gasteiger partial charge on any atom is 0.224 e. The third kappa shape index (κ3) is 2.76. The van der Waals surface area contributed by atoms with Crippen molar-refractivity contribution in [2.45, 2.75) is 53.1 Å². The summed E-state index contributed by atoms with van der Waals surface area (Å²) in [4.78, 5) is 12.5. The molecule has 1 amide bonds. The lowest BCUT2D eigenvalue weighted by Gasteiger charge is -2.07. The van der Waals surface area contributed by atoms with Crippen molar-refractivity contribution in [3.63, 3.8) is 0 Å². The summed E-state index contributed by atoms with van der Waals surface area (Å²) in [6.45, 7) is 8.91. The van der Waals surface area contributed by atoms with Gasteiger partial charge in [-0.05, 0) is 50.2 Å². The SMILES string of the molecule is CC(C)=C[C@H]1[C@@H](C(=O)NCc2n[nH]c(=S)n2C2CC2)C1(C)C. The molecule has 2 aliphatic rings. The van der Waals surface area contributed by atoms with Crippen molar-refractivity contribution in [3.8, 4) is 0 Å². The van der Waals surface area contributed by atoms with Gasteiger partial charge < -0.3 is 5.32 Å². The number of nitrogens with zero attached hydrogens (tertiary/aromatic N) is 2. The first-order valence-electron chi connectivity index (χ1n) is 7.91. The molecule has 0 saturated heterocycles. The summed E-state index contributed by atoms with van der Waals surface area (Å²) in [6, 6.07) is 0.467. The van der Waals surface area contributed by atoms with E-state index < -0.39 is 0 Å². The summed E-state index contributed by atoms with van der Waals surface area (Å²) in [5, 5.41) is 10.1.